The lowest BCUT2D eigenvalue weighted by atomic mass is 10.1. The maximum atomic E-state index is 12.5. The zero-order valence-corrected chi connectivity index (χ0v) is 14.9. The van der Waals surface area contributed by atoms with E-state index in [0.29, 0.717) is 36.1 Å². The Labute approximate surface area is 156 Å². The van der Waals surface area contributed by atoms with Gasteiger partial charge in [-0.3, -0.25) is 9.78 Å². The van der Waals surface area contributed by atoms with Crippen molar-refractivity contribution < 1.29 is 14.1 Å². The van der Waals surface area contributed by atoms with E-state index in [2.05, 4.69) is 25.4 Å². The van der Waals surface area contributed by atoms with Gasteiger partial charge in [0.25, 0.3) is 5.91 Å². The first-order chi connectivity index (χ1) is 13.2. The van der Waals surface area contributed by atoms with E-state index in [9.17, 15) is 4.79 Å². The summed E-state index contributed by atoms with van der Waals surface area (Å²) < 4.78 is 10.5. The van der Waals surface area contributed by atoms with Crippen molar-refractivity contribution in [2.75, 3.05) is 13.7 Å². The third-order valence-electron chi connectivity index (χ3n) is 4.47. The van der Waals surface area contributed by atoms with Crippen molar-refractivity contribution >= 4 is 5.91 Å². The quantitative estimate of drug-likeness (QED) is 0.712. The van der Waals surface area contributed by atoms with Gasteiger partial charge in [-0.15, -0.1) is 0 Å². The molecule has 0 fully saturated rings. The minimum atomic E-state index is -0.221. The van der Waals surface area contributed by atoms with Crippen molar-refractivity contribution in [3.63, 3.8) is 0 Å². The Bertz CT molecular complexity index is 955. The molecule has 1 amide bonds. The lowest BCUT2D eigenvalue weighted by Crippen LogP contribution is -2.26. The van der Waals surface area contributed by atoms with Gasteiger partial charge in [-0.1, -0.05) is 5.16 Å². The number of nitrogens with zero attached hydrogens (tertiary/aromatic N) is 4. The highest BCUT2D eigenvalue weighted by Gasteiger charge is 2.21. The van der Waals surface area contributed by atoms with E-state index < -0.39 is 0 Å². The van der Waals surface area contributed by atoms with Gasteiger partial charge in [0, 0.05) is 36.6 Å². The number of carbonyl (C=O) groups is 1. The van der Waals surface area contributed by atoms with E-state index >= 15 is 0 Å². The molecule has 0 atom stereocenters. The number of ether oxygens (including phenoxy) is 1. The summed E-state index contributed by atoms with van der Waals surface area (Å²) >= 11 is 0. The second-order valence-electron chi connectivity index (χ2n) is 6.26. The average Bonchev–Trinajstić information content (AvgIpc) is 3.36. The predicted octanol–water partition coefficient (Wildman–Crippen LogP) is 2.00. The van der Waals surface area contributed by atoms with Crippen LogP contribution in [0.5, 0.6) is 5.88 Å². The molecule has 1 aliphatic rings. The molecule has 3 heterocycles. The van der Waals surface area contributed by atoms with E-state index in [0.717, 1.165) is 36.1 Å². The normalized spacial score (nSPS) is 12.6. The first kappa shape index (κ1) is 17.1. The number of carbonyl (C=O) groups excluding carboxylic acids is 1. The summed E-state index contributed by atoms with van der Waals surface area (Å²) in [4.78, 5) is 25.4. The number of hydrogen-bond acceptors (Lipinski definition) is 7. The standard InChI is InChI=1S/C19H19N5O3/c1-26-19-14(10-12-4-2-6-15(12)22-19)18(25)21-9-7-16-23-17(24-27-16)13-5-3-8-20-11-13/h3,5,8,10-11H,2,4,6-7,9H2,1H3,(H,21,25). The molecule has 1 N–H and O–H groups in total. The Hall–Kier alpha value is -3.29. The number of fused-ring (bicyclic) bond motifs is 1. The molecule has 0 aromatic carbocycles. The van der Waals surface area contributed by atoms with Crippen LogP contribution in [0.1, 0.15) is 33.9 Å². The molecule has 0 spiro atoms. The van der Waals surface area contributed by atoms with Gasteiger partial charge in [-0.25, -0.2) is 4.98 Å². The van der Waals surface area contributed by atoms with Crippen molar-refractivity contribution in [2.45, 2.75) is 25.7 Å². The lowest BCUT2D eigenvalue weighted by Gasteiger charge is -2.10. The Morgan fingerprint density at radius 3 is 3.07 bits per heavy atom. The number of hydrogen-bond donors (Lipinski definition) is 1. The third-order valence-corrected chi connectivity index (χ3v) is 4.47. The molecule has 138 valence electrons. The molecule has 8 heteroatoms. The highest BCUT2D eigenvalue weighted by Crippen LogP contribution is 2.26. The molecule has 0 saturated heterocycles. The number of nitrogens with one attached hydrogen (secondary N) is 1. The van der Waals surface area contributed by atoms with Crippen LogP contribution in [0.15, 0.2) is 35.1 Å². The molecule has 27 heavy (non-hydrogen) atoms. The number of pyridine rings is 2. The Balaban J connectivity index is 1.38. The van der Waals surface area contributed by atoms with E-state index in [4.69, 9.17) is 9.26 Å². The van der Waals surface area contributed by atoms with Crippen molar-refractivity contribution in [3.05, 3.63) is 53.3 Å². The van der Waals surface area contributed by atoms with Crippen LogP contribution in [-0.4, -0.2) is 39.7 Å². The van der Waals surface area contributed by atoms with Crippen molar-refractivity contribution in [3.8, 4) is 17.3 Å². The molecule has 1 aliphatic carbocycles. The average molecular weight is 365 g/mol. The first-order valence-corrected chi connectivity index (χ1v) is 8.82. The minimum absolute atomic E-state index is 0.221. The van der Waals surface area contributed by atoms with E-state index in [1.165, 1.54) is 7.11 Å². The van der Waals surface area contributed by atoms with Crippen LogP contribution in [0.2, 0.25) is 0 Å². The van der Waals surface area contributed by atoms with Crippen LogP contribution in [0, 0.1) is 0 Å². The van der Waals surface area contributed by atoms with Gasteiger partial charge < -0.3 is 14.6 Å². The van der Waals surface area contributed by atoms with Crippen LogP contribution in [0.4, 0.5) is 0 Å². The maximum absolute atomic E-state index is 12.5. The molecule has 0 bridgehead atoms. The minimum Gasteiger partial charge on any atom is -0.480 e. The molecule has 0 unspecified atom stereocenters. The van der Waals surface area contributed by atoms with Gasteiger partial charge in [0.2, 0.25) is 17.6 Å². The Morgan fingerprint density at radius 1 is 1.33 bits per heavy atom. The fourth-order valence-corrected chi connectivity index (χ4v) is 3.12. The summed E-state index contributed by atoms with van der Waals surface area (Å²) in [7, 11) is 1.53. The summed E-state index contributed by atoms with van der Waals surface area (Å²) in [6.45, 7) is 0.369. The third kappa shape index (κ3) is 3.64. The fraction of sp³-hybridized carbons (Fsp3) is 0.316. The number of aryl methyl sites for hydroxylation is 2. The van der Waals surface area contributed by atoms with Crippen molar-refractivity contribution in [1.29, 1.82) is 0 Å². The van der Waals surface area contributed by atoms with E-state index in [1.54, 1.807) is 12.4 Å². The highest BCUT2D eigenvalue weighted by molar-refractivity contribution is 5.96. The van der Waals surface area contributed by atoms with Crippen LogP contribution in [0.3, 0.4) is 0 Å². The Kier molecular flexibility index (Phi) is 4.78. The fourth-order valence-electron chi connectivity index (χ4n) is 3.12. The van der Waals surface area contributed by atoms with Crippen LogP contribution < -0.4 is 10.1 Å². The molecule has 4 rings (SSSR count). The van der Waals surface area contributed by atoms with E-state index in [-0.39, 0.29) is 5.91 Å². The molecule has 3 aromatic rings. The molecular weight excluding hydrogens is 346 g/mol. The molecule has 0 aliphatic heterocycles. The zero-order valence-electron chi connectivity index (χ0n) is 14.9. The molecule has 0 saturated carbocycles. The summed E-state index contributed by atoms with van der Waals surface area (Å²) in [5.41, 5.74) is 3.39. The SMILES string of the molecule is COc1nc2c(cc1C(=O)NCCc1nc(-c3cccnc3)no1)CCC2. The van der Waals surface area contributed by atoms with Gasteiger partial charge in [-0.05, 0) is 43.0 Å². The first-order valence-electron chi connectivity index (χ1n) is 8.82. The smallest absolute Gasteiger partial charge is 0.256 e. The van der Waals surface area contributed by atoms with Gasteiger partial charge in [0.15, 0.2) is 0 Å². The molecule has 0 radical (unpaired) electrons. The van der Waals surface area contributed by atoms with Crippen LogP contribution in [-0.2, 0) is 19.3 Å². The number of aromatic nitrogens is 4. The van der Waals surface area contributed by atoms with Crippen LogP contribution >= 0.6 is 0 Å². The second kappa shape index (κ2) is 7.53. The molecular formula is C19H19N5O3. The highest BCUT2D eigenvalue weighted by atomic mass is 16.5. The topological polar surface area (TPSA) is 103 Å². The summed E-state index contributed by atoms with van der Waals surface area (Å²) in [5, 5.41) is 6.80. The van der Waals surface area contributed by atoms with Gasteiger partial charge in [-0.2, -0.15) is 4.98 Å². The van der Waals surface area contributed by atoms with Crippen molar-refractivity contribution in [1.82, 2.24) is 25.4 Å². The number of methoxy groups -OCH3 is 1. The lowest BCUT2D eigenvalue weighted by molar-refractivity contribution is 0.0949. The van der Waals surface area contributed by atoms with Gasteiger partial charge in [0.05, 0.1) is 7.11 Å². The van der Waals surface area contributed by atoms with E-state index in [1.807, 2.05) is 18.2 Å². The number of rotatable bonds is 6. The zero-order chi connectivity index (χ0) is 18.6. The summed E-state index contributed by atoms with van der Waals surface area (Å²) in [5.74, 6) is 1.08. The van der Waals surface area contributed by atoms with Gasteiger partial charge in [0.1, 0.15) is 5.56 Å². The maximum Gasteiger partial charge on any atom is 0.256 e. The number of amides is 1. The molecule has 3 aromatic heterocycles. The second-order valence-corrected chi connectivity index (χ2v) is 6.26. The Morgan fingerprint density at radius 2 is 2.26 bits per heavy atom. The molecule has 8 nitrogen and oxygen atoms in total. The van der Waals surface area contributed by atoms with Crippen LogP contribution in [0.25, 0.3) is 11.4 Å². The summed E-state index contributed by atoms with van der Waals surface area (Å²) in [6, 6.07) is 5.55. The largest absolute Gasteiger partial charge is 0.480 e. The van der Waals surface area contributed by atoms with Gasteiger partial charge >= 0.3 is 0 Å². The monoisotopic (exact) mass is 365 g/mol. The summed E-state index contributed by atoms with van der Waals surface area (Å²) in [6.07, 6.45) is 6.73. The van der Waals surface area contributed by atoms with Crippen molar-refractivity contribution in [2.24, 2.45) is 0 Å². The predicted molar refractivity (Wildman–Crippen MR) is 96.4 cm³/mol.